The van der Waals surface area contributed by atoms with Crippen LogP contribution in [0.25, 0.3) is 0 Å². The van der Waals surface area contributed by atoms with Gasteiger partial charge in [-0.05, 0) is 40.4 Å². The van der Waals surface area contributed by atoms with Gasteiger partial charge in [0.1, 0.15) is 0 Å². The SMILES string of the molecule is CC(CO[Si](c1ccccc1)(c1ccccc1)C(C)(C)C)CN1C(=O)[C@](C)(C(=O)O)c2ccc(Br)cc21. The van der Waals surface area contributed by atoms with Crippen molar-refractivity contribution in [1.29, 1.82) is 0 Å². The minimum atomic E-state index is -2.72. The van der Waals surface area contributed by atoms with Crippen molar-refractivity contribution in [3.8, 4) is 0 Å². The third-order valence-electron chi connectivity index (χ3n) is 7.39. The fourth-order valence-electron chi connectivity index (χ4n) is 5.43. The number of hydrogen-bond acceptors (Lipinski definition) is 3. The van der Waals surface area contributed by atoms with E-state index in [0.717, 1.165) is 4.47 Å². The van der Waals surface area contributed by atoms with Gasteiger partial charge in [0.15, 0.2) is 5.41 Å². The van der Waals surface area contributed by atoms with Gasteiger partial charge in [-0.1, -0.05) is 110 Å². The quantitative estimate of drug-likeness (QED) is 0.288. The Morgan fingerprint density at radius 3 is 2.05 bits per heavy atom. The molecule has 0 fully saturated rings. The van der Waals surface area contributed by atoms with E-state index >= 15 is 0 Å². The monoisotopic (exact) mass is 579 g/mol. The molecule has 5 nitrogen and oxygen atoms in total. The van der Waals surface area contributed by atoms with E-state index in [1.165, 1.54) is 17.3 Å². The molecule has 1 unspecified atom stereocenters. The highest BCUT2D eigenvalue weighted by atomic mass is 79.9. The van der Waals surface area contributed by atoms with Crippen molar-refractivity contribution < 1.29 is 19.1 Å². The van der Waals surface area contributed by atoms with E-state index in [9.17, 15) is 14.7 Å². The summed E-state index contributed by atoms with van der Waals surface area (Å²) < 4.78 is 7.86. The number of benzene rings is 3. The summed E-state index contributed by atoms with van der Waals surface area (Å²) in [6.07, 6.45) is 0. The van der Waals surface area contributed by atoms with Gasteiger partial charge in [-0.25, -0.2) is 0 Å². The van der Waals surface area contributed by atoms with Gasteiger partial charge in [0, 0.05) is 28.9 Å². The lowest BCUT2D eigenvalue weighted by molar-refractivity contribution is -0.147. The van der Waals surface area contributed by atoms with Crippen molar-refractivity contribution >= 4 is 52.2 Å². The first kappa shape index (κ1) is 27.3. The van der Waals surface area contributed by atoms with Gasteiger partial charge in [-0.2, -0.15) is 0 Å². The van der Waals surface area contributed by atoms with E-state index in [1.807, 2.05) is 18.2 Å². The van der Waals surface area contributed by atoms with E-state index in [-0.39, 0.29) is 11.0 Å². The molecule has 0 saturated heterocycles. The zero-order valence-electron chi connectivity index (χ0n) is 22.0. The maximum atomic E-state index is 13.5. The lowest BCUT2D eigenvalue weighted by Gasteiger charge is -2.43. The number of aliphatic carboxylic acids is 1. The Labute approximate surface area is 228 Å². The summed E-state index contributed by atoms with van der Waals surface area (Å²) in [5.74, 6) is -1.58. The van der Waals surface area contributed by atoms with Crippen LogP contribution in [0.3, 0.4) is 0 Å². The Balaban J connectivity index is 1.67. The summed E-state index contributed by atoms with van der Waals surface area (Å²) in [7, 11) is -2.72. The molecular weight excluding hydrogens is 546 g/mol. The molecule has 1 aliphatic rings. The lowest BCUT2D eigenvalue weighted by atomic mass is 9.84. The predicted octanol–water partition coefficient (Wildman–Crippen LogP) is 5.35. The Morgan fingerprint density at radius 2 is 1.57 bits per heavy atom. The molecule has 0 aromatic heterocycles. The highest BCUT2D eigenvalue weighted by molar-refractivity contribution is 9.10. The highest BCUT2D eigenvalue weighted by Gasteiger charge is 2.54. The fraction of sp³-hybridized carbons (Fsp3) is 0.333. The highest BCUT2D eigenvalue weighted by Crippen LogP contribution is 2.44. The zero-order chi connectivity index (χ0) is 27.0. The second kappa shape index (κ2) is 10.2. The molecule has 1 amide bonds. The number of carboxylic acids is 1. The Morgan fingerprint density at radius 1 is 1.03 bits per heavy atom. The number of hydrogen-bond donors (Lipinski definition) is 1. The van der Waals surface area contributed by atoms with Crippen molar-refractivity contribution in [2.75, 3.05) is 18.1 Å². The molecule has 0 spiro atoms. The molecule has 1 heterocycles. The van der Waals surface area contributed by atoms with Crippen molar-refractivity contribution in [2.24, 2.45) is 5.92 Å². The zero-order valence-corrected chi connectivity index (χ0v) is 24.6. The molecule has 194 valence electrons. The van der Waals surface area contributed by atoms with Gasteiger partial charge < -0.3 is 14.4 Å². The number of carbonyl (C=O) groups excluding carboxylic acids is 1. The summed E-state index contributed by atoms with van der Waals surface area (Å²) in [5.41, 5.74) is -0.441. The van der Waals surface area contributed by atoms with E-state index in [1.54, 1.807) is 17.0 Å². The molecule has 1 aliphatic heterocycles. The summed E-state index contributed by atoms with van der Waals surface area (Å²) in [6.45, 7) is 11.1. The molecule has 7 heteroatoms. The van der Waals surface area contributed by atoms with Crippen LogP contribution in [0.5, 0.6) is 0 Å². The normalized spacial score (nSPS) is 18.5. The minimum absolute atomic E-state index is 0.0337. The molecule has 1 N–H and O–H groups in total. The molecule has 0 saturated carbocycles. The average molecular weight is 581 g/mol. The van der Waals surface area contributed by atoms with Crippen LogP contribution in [0.4, 0.5) is 5.69 Å². The van der Waals surface area contributed by atoms with E-state index in [0.29, 0.717) is 24.4 Å². The van der Waals surface area contributed by atoms with Crippen molar-refractivity contribution in [1.82, 2.24) is 0 Å². The van der Waals surface area contributed by atoms with E-state index < -0.39 is 25.6 Å². The number of fused-ring (bicyclic) bond motifs is 1. The molecule has 4 rings (SSSR count). The first-order valence-electron chi connectivity index (χ1n) is 12.5. The first-order chi connectivity index (χ1) is 17.4. The third kappa shape index (κ3) is 4.69. The van der Waals surface area contributed by atoms with Crippen LogP contribution in [-0.4, -0.2) is 38.5 Å². The summed E-state index contributed by atoms with van der Waals surface area (Å²) >= 11 is 3.48. The summed E-state index contributed by atoms with van der Waals surface area (Å²) in [4.78, 5) is 27.3. The largest absolute Gasteiger partial charge is 0.480 e. The number of amides is 1. The topological polar surface area (TPSA) is 66.8 Å². The number of halogens is 1. The van der Waals surface area contributed by atoms with Gasteiger partial charge in [0.2, 0.25) is 5.91 Å². The van der Waals surface area contributed by atoms with Gasteiger partial charge in [-0.3, -0.25) is 9.59 Å². The molecular formula is C30H34BrNO4Si. The fourth-order valence-corrected chi connectivity index (χ4v) is 10.5. The number of carboxylic acid groups (broad SMARTS) is 1. The summed E-state index contributed by atoms with van der Waals surface area (Å²) in [6, 6.07) is 26.3. The minimum Gasteiger partial charge on any atom is -0.480 e. The van der Waals surface area contributed by atoms with Crippen LogP contribution in [0.15, 0.2) is 83.3 Å². The third-order valence-corrected chi connectivity index (χ3v) is 12.9. The van der Waals surface area contributed by atoms with Crippen molar-refractivity contribution in [3.05, 3.63) is 88.9 Å². The second-order valence-corrected chi connectivity index (χ2v) is 16.3. The predicted molar refractivity (Wildman–Crippen MR) is 154 cm³/mol. The van der Waals surface area contributed by atoms with E-state index in [4.69, 9.17) is 4.43 Å². The maximum Gasteiger partial charge on any atom is 0.323 e. The first-order valence-corrected chi connectivity index (χ1v) is 15.2. The smallest absolute Gasteiger partial charge is 0.323 e. The number of rotatable bonds is 8. The van der Waals surface area contributed by atoms with Crippen LogP contribution in [0.1, 0.15) is 40.2 Å². The van der Waals surface area contributed by atoms with Gasteiger partial charge >= 0.3 is 5.97 Å². The van der Waals surface area contributed by atoms with Crippen LogP contribution < -0.4 is 15.3 Å². The molecule has 37 heavy (non-hydrogen) atoms. The Kier molecular flexibility index (Phi) is 7.52. The lowest BCUT2D eigenvalue weighted by Crippen LogP contribution is -2.67. The molecule has 0 radical (unpaired) electrons. The van der Waals surface area contributed by atoms with Crippen molar-refractivity contribution in [2.45, 2.75) is 45.1 Å². The van der Waals surface area contributed by atoms with Crippen LogP contribution in [-0.2, 0) is 19.4 Å². The maximum absolute atomic E-state index is 13.5. The standard InChI is InChI=1S/C30H34BrNO4Si/c1-21(19-32-26-18-22(31)16-17-25(26)30(5,27(32)33)28(34)35)20-36-37(29(2,3)4,23-12-8-6-9-13-23)24-14-10-7-11-15-24/h6-18,21H,19-20H2,1-5H3,(H,34,35)/t21?,30-/m1/s1. The van der Waals surface area contributed by atoms with Gasteiger partial charge in [0.05, 0.1) is 0 Å². The van der Waals surface area contributed by atoms with Crippen molar-refractivity contribution in [3.63, 3.8) is 0 Å². The van der Waals surface area contributed by atoms with Gasteiger partial charge in [0.25, 0.3) is 8.32 Å². The number of anilines is 1. The molecule has 2 atom stereocenters. The average Bonchev–Trinajstić information content (AvgIpc) is 3.07. The second-order valence-electron chi connectivity index (χ2n) is 11.1. The van der Waals surface area contributed by atoms with Crippen LogP contribution >= 0.6 is 15.9 Å². The Hall–Kier alpha value is -2.74. The molecule has 0 aliphatic carbocycles. The molecule has 3 aromatic rings. The molecule has 0 bridgehead atoms. The van der Waals surface area contributed by atoms with Crippen LogP contribution in [0.2, 0.25) is 5.04 Å². The number of nitrogens with zero attached hydrogens (tertiary/aromatic N) is 1. The molecule has 3 aromatic carbocycles. The van der Waals surface area contributed by atoms with Gasteiger partial charge in [-0.15, -0.1) is 0 Å². The Bertz CT molecular complexity index is 1250. The van der Waals surface area contributed by atoms with Crippen LogP contribution in [0, 0.1) is 5.92 Å². The summed E-state index contributed by atoms with van der Waals surface area (Å²) in [5, 5.41) is 12.2. The van der Waals surface area contributed by atoms with E-state index in [2.05, 4.69) is 92.2 Å². The number of carbonyl (C=O) groups is 2.